The van der Waals surface area contributed by atoms with Crippen LogP contribution < -0.4 is 0 Å². The van der Waals surface area contributed by atoms with Gasteiger partial charge in [-0.3, -0.25) is 0 Å². The molecule has 0 spiro atoms. The van der Waals surface area contributed by atoms with Gasteiger partial charge in [0, 0.05) is 12.2 Å². The molecule has 0 aliphatic carbocycles. The van der Waals surface area contributed by atoms with Crippen molar-refractivity contribution in [3.8, 4) is 0 Å². The minimum absolute atomic E-state index is 0.0219. The molecule has 0 saturated heterocycles. The topological polar surface area (TPSA) is 83.8 Å². The van der Waals surface area contributed by atoms with Gasteiger partial charge in [-0.05, 0) is 30.0 Å². The quantitative estimate of drug-likeness (QED) is 0.673. The van der Waals surface area contributed by atoms with Crippen LogP contribution >= 0.6 is 0 Å². The maximum absolute atomic E-state index is 11.8. The third-order valence-electron chi connectivity index (χ3n) is 3.97. The van der Waals surface area contributed by atoms with Crippen molar-refractivity contribution in [1.82, 2.24) is 0 Å². The lowest BCUT2D eigenvalue weighted by Crippen LogP contribution is -2.15. The van der Waals surface area contributed by atoms with Gasteiger partial charge in [0.25, 0.3) is 0 Å². The van der Waals surface area contributed by atoms with Crippen LogP contribution in [0, 0.1) is 0 Å². The number of benzene rings is 2. The van der Waals surface area contributed by atoms with Crippen LogP contribution in [0.2, 0.25) is 0 Å². The molecular weight excluding hydrogens is 320 g/mol. The van der Waals surface area contributed by atoms with Crippen molar-refractivity contribution in [2.24, 2.45) is 0 Å². The predicted octanol–water partition coefficient (Wildman–Crippen LogP) is 3.99. The predicted molar refractivity (Wildman–Crippen MR) is 94.2 cm³/mol. The lowest BCUT2D eigenvalue weighted by Gasteiger charge is -2.15. The molecule has 0 aliphatic rings. The first-order valence-corrected chi connectivity index (χ1v) is 8.27. The zero-order valence-electron chi connectivity index (χ0n) is 14.2. The molecule has 5 heteroatoms. The monoisotopic (exact) mass is 342 g/mol. The molecule has 0 aromatic heterocycles. The van der Waals surface area contributed by atoms with Crippen LogP contribution in [0.25, 0.3) is 0 Å². The van der Waals surface area contributed by atoms with E-state index in [4.69, 9.17) is 4.74 Å². The van der Waals surface area contributed by atoms with Crippen molar-refractivity contribution in [1.29, 1.82) is 0 Å². The van der Waals surface area contributed by atoms with Crippen molar-refractivity contribution in [3.05, 3.63) is 70.3 Å². The van der Waals surface area contributed by atoms with E-state index in [2.05, 4.69) is 0 Å². The number of ether oxygens (including phenoxy) is 1. The minimum atomic E-state index is -1.15. The lowest BCUT2D eigenvalue weighted by atomic mass is 9.92. The van der Waals surface area contributed by atoms with E-state index in [1.165, 1.54) is 6.07 Å². The average Bonchev–Trinajstić information content (AvgIpc) is 2.59. The standard InChI is InChI=1S/C20H22O5/c1-2-3-11-25-13-17-16(19(21)22)10-9-15(18(17)20(23)24)12-14-7-5-4-6-8-14/h4-10H,2-3,11-13H2,1H3,(H,21,22)(H,23,24). The number of carbonyl (C=O) groups is 2. The normalized spacial score (nSPS) is 10.6. The van der Waals surface area contributed by atoms with Crippen LogP contribution in [-0.4, -0.2) is 28.8 Å². The molecule has 0 fully saturated rings. The van der Waals surface area contributed by atoms with E-state index in [1.807, 2.05) is 37.3 Å². The van der Waals surface area contributed by atoms with Gasteiger partial charge >= 0.3 is 11.9 Å². The zero-order chi connectivity index (χ0) is 18.2. The van der Waals surface area contributed by atoms with Gasteiger partial charge in [0.1, 0.15) is 0 Å². The summed E-state index contributed by atoms with van der Waals surface area (Å²) in [5.41, 5.74) is 1.78. The highest BCUT2D eigenvalue weighted by molar-refractivity contribution is 5.97. The molecule has 0 atom stereocenters. The number of carboxylic acids is 2. The summed E-state index contributed by atoms with van der Waals surface area (Å²) in [5.74, 6) is -2.29. The van der Waals surface area contributed by atoms with Crippen LogP contribution in [0.15, 0.2) is 42.5 Å². The molecule has 2 rings (SSSR count). The molecule has 0 saturated carbocycles. The summed E-state index contributed by atoms with van der Waals surface area (Å²) in [4.78, 5) is 23.4. The fraction of sp³-hybridized carbons (Fsp3) is 0.300. The average molecular weight is 342 g/mol. The van der Waals surface area contributed by atoms with Crippen LogP contribution in [0.4, 0.5) is 0 Å². The van der Waals surface area contributed by atoms with E-state index >= 15 is 0 Å². The molecule has 0 heterocycles. The van der Waals surface area contributed by atoms with Gasteiger partial charge in [-0.15, -0.1) is 0 Å². The maximum atomic E-state index is 11.8. The maximum Gasteiger partial charge on any atom is 0.336 e. The Bertz CT molecular complexity index is 737. The van der Waals surface area contributed by atoms with E-state index in [-0.39, 0.29) is 23.3 Å². The van der Waals surface area contributed by atoms with Crippen LogP contribution in [0.5, 0.6) is 0 Å². The third kappa shape index (κ3) is 4.90. The number of carboxylic acid groups (broad SMARTS) is 2. The van der Waals surface area contributed by atoms with Crippen molar-refractivity contribution in [2.75, 3.05) is 6.61 Å². The van der Waals surface area contributed by atoms with Gasteiger partial charge in [-0.25, -0.2) is 9.59 Å². The third-order valence-corrected chi connectivity index (χ3v) is 3.97. The Balaban J connectivity index is 2.42. The molecule has 2 aromatic carbocycles. The highest BCUT2D eigenvalue weighted by Crippen LogP contribution is 2.24. The molecule has 0 radical (unpaired) electrons. The molecule has 2 aromatic rings. The second-order valence-electron chi connectivity index (χ2n) is 5.80. The molecule has 2 N–H and O–H groups in total. The summed E-state index contributed by atoms with van der Waals surface area (Å²) in [6.45, 7) is 2.47. The second-order valence-corrected chi connectivity index (χ2v) is 5.80. The summed E-state index contributed by atoms with van der Waals surface area (Å²) in [7, 11) is 0. The summed E-state index contributed by atoms with van der Waals surface area (Å²) < 4.78 is 5.52. The van der Waals surface area contributed by atoms with Crippen LogP contribution in [-0.2, 0) is 17.8 Å². The number of rotatable bonds is 9. The first kappa shape index (κ1) is 18.7. The van der Waals surface area contributed by atoms with Crippen LogP contribution in [0.3, 0.4) is 0 Å². The fourth-order valence-corrected chi connectivity index (χ4v) is 2.70. The first-order valence-electron chi connectivity index (χ1n) is 8.27. The molecule has 0 unspecified atom stereocenters. The number of hydrogen-bond acceptors (Lipinski definition) is 3. The highest BCUT2D eigenvalue weighted by atomic mass is 16.5. The Labute approximate surface area is 146 Å². The van der Waals surface area contributed by atoms with E-state index in [0.29, 0.717) is 18.6 Å². The summed E-state index contributed by atoms with van der Waals surface area (Å²) in [6, 6.07) is 12.5. The van der Waals surface area contributed by atoms with Gasteiger partial charge in [-0.1, -0.05) is 49.7 Å². The van der Waals surface area contributed by atoms with E-state index in [0.717, 1.165) is 18.4 Å². The second kappa shape index (κ2) is 8.99. The molecule has 0 bridgehead atoms. The molecule has 5 nitrogen and oxygen atoms in total. The molecular formula is C20H22O5. The molecule has 25 heavy (non-hydrogen) atoms. The number of unbranched alkanes of at least 4 members (excludes halogenated alkanes) is 1. The smallest absolute Gasteiger partial charge is 0.336 e. The number of hydrogen-bond donors (Lipinski definition) is 2. The van der Waals surface area contributed by atoms with Crippen molar-refractivity contribution in [3.63, 3.8) is 0 Å². The Kier molecular flexibility index (Phi) is 6.71. The molecule has 132 valence electrons. The summed E-state index contributed by atoms with van der Waals surface area (Å²) in [5, 5.41) is 19.1. The van der Waals surface area contributed by atoms with Crippen molar-refractivity contribution in [2.45, 2.75) is 32.8 Å². The van der Waals surface area contributed by atoms with Gasteiger partial charge < -0.3 is 14.9 Å². The molecule has 0 amide bonds. The van der Waals surface area contributed by atoms with Gasteiger partial charge in [0.05, 0.1) is 17.7 Å². The Morgan fingerprint density at radius 1 is 1.00 bits per heavy atom. The largest absolute Gasteiger partial charge is 0.478 e. The Hall–Kier alpha value is -2.66. The van der Waals surface area contributed by atoms with E-state index in [1.54, 1.807) is 6.07 Å². The SMILES string of the molecule is CCCCOCc1c(C(=O)O)ccc(Cc2ccccc2)c1C(=O)O. The van der Waals surface area contributed by atoms with E-state index in [9.17, 15) is 19.8 Å². The number of aromatic carboxylic acids is 2. The zero-order valence-corrected chi connectivity index (χ0v) is 14.2. The molecule has 0 aliphatic heterocycles. The first-order chi connectivity index (χ1) is 12.0. The minimum Gasteiger partial charge on any atom is -0.478 e. The van der Waals surface area contributed by atoms with E-state index < -0.39 is 11.9 Å². The van der Waals surface area contributed by atoms with Crippen molar-refractivity contribution < 1.29 is 24.5 Å². The fourth-order valence-electron chi connectivity index (χ4n) is 2.70. The van der Waals surface area contributed by atoms with Gasteiger partial charge in [-0.2, -0.15) is 0 Å². The highest BCUT2D eigenvalue weighted by Gasteiger charge is 2.22. The summed E-state index contributed by atoms with van der Waals surface area (Å²) >= 11 is 0. The Morgan fingerprint density at radius 3 is 2.32 bits per heavy atom. The van der Waals surface area contributed by atoms with Crippen molar-refractivity contribution >= 4 is 11.9 Å². The summed E-state index contributed by atoms with van der Waals surface area (Å²) in [6.07, 6.45) is 2.21. The van der Waals surface area contributed by atoms with Gasteiger partial charge in [0.15, 0.2) is 0 Å². The van der Waals surface area contributed by atoms with Gasteiger partial charge in [0.2, 0.25) is 0 Å². The van der Waals surface area contributed by atoms with Crippen LogP contribution in [0.1, 0.15) is 57.2 Å². The Morgan fingerprint density at radius 2 is 1.72 bits per heavy atom. The lowest BCUT2D eigenvalue weighted by molar-refractivity contribution is 0.0677.